The quantitative estimate of drug-likeness (QED) is 0.818. The average molecular weight is 301 g/mol. The van der Waals surface area contributed by atoms with Crippen LogP contribution in [-0.4, -0.2) is 22.2 Å². The molecule has 0 aromatic carbocycles. The first kappa shape index (κ1) is 14.9. The number of rotatable bonds is 6. The van der Waals surface area contributed by atoms with Crippen LogP contribution in [0, 0.1) is 5.92 Å². The van der Waals surface area contributed by atoms with E-state index in [4.69, 9.17) is 4.42 Å². The number of anilines is 1. The molecule has 0 unspecified atom stereocenters. The number of hydrogen-bond acceptors (Lipinski definition) is 3. The lowest BCUT2D eigenvalue weighted by atomic mass is 10.1. The van der Waals surface area contributed by atoms with E-state index in [1.165, 1.54) is 0 Å². The first-order chi connectivity index (χ1) is 10.6. The van der Waals surface area contributed by atoms with Gasteiger partial charge in [-0.1, -0.05) is 13.8 Å². The van der Waals surface area contributed by atoms with Crippen molar-refractivity contribution in [3.8, 4) is 0 Å². The molecule has 0 radical (unpaired) electrons. The highest BCUT2D eigenvalue weighted by Crippen LogP contribution is 2.42. The molecule has 1 aliphatic carbocycles. The number of amides is 1. The molecule has 118 valence electrons. The lowest BCUT2D eigenvalue weighted by Crippen LogP contribution is -2.34. The van der Waals surface area contributed by atoms with E-state index in [9.17, 15) is 4.79 Å². The Morgan fingerprint density at radius 3 is 2.86 bits per heavy atom. The van der Waals surface area contributed by atoms with Crippen molar-refractivity contribution < 1.29 is 9.21 Å². The van der Waals surface area contributed by atoms with Crippen molar-refractivity contribution >= 4 is 11.6 Å². The summed E-state index contributed by atoms with van der Waals surface area (Å²) in [5.41, 5.74) is 1.55. The average Bonchev–Trinajstić information content (AvgIpc) is 3.04. The third-order valence-electron chi connectivity index (χ3n) is 3.92. The van der Waals surface area contributed by atoms with Crippen molar-refractivity contribution in [2.75, 3.05) is 11.4 Å². The Balaban J connectivity index is 1.90. The van der Waals surface area contributed by atoms with Crippen molar-refractivity contribution in [1.29, 1.82) is 0 Å². The van der Waals surface area contributed by atoms with Crippen LogP contribution in [-0.2, 0) is 6.54 Å². The number of hydrogen-bond donors (Lipinski definition) is 0. The van der Waals surface area contributed by atoms with E-state index in [-0.39, 0.29) is 5.91 Å². The van der Waals surface area contributed by atoms with E-state index in [1.54, 1.807) is 18.5 Å². The highest BCUT2D eigenvalue weighted by atomic mass is 16.3. The standard InChI is InChI=1S/C17H23N3O2/c1-4-19-11-14(9-18-19)20(10-12(2)3)17(21)15-7-8-22-16(15)13-5-6-13/h7-9,11-13H,4-6,10H2,1-3H3. The molecule has 3 rings (SSSR count). The number of nitrogens with zero attached hydrogens (tertiary/aromatic N) is 3. The third-order valence-corrected chi connectivity index (χ3v) is 3.92. The molecule has 0 bridgehead atoms. The molecule has 5 heteroatoms. The number of carbonyl (C=O) groups is 1. The van der Waals surface area contributed by atoms with Gasteiger partial charge in [0.1, 0.15) is 5.76 Å². The summed E-state index contributed by atoms with van der Waals surface area (Å²) < 4.78 is 7.40. The first-order valence-corrected chi connectivity index (χ1v) is 8.01. The molecule has 0 spiro atoms. The predicted molar refractivity (Wildman–Crippen MR) is 85.1 cm³/mol. The van der Waals surface area contributed by atoms with Crippen LogP contribution < -0.4 is 4.90 Å². The molecule has 22 heavy (non-hydrogen) atoms. The van der Waals surface area contributed by atoms with Gasteiger partial charge in [0.05, 0.1) is 23.7 Å². The molecule has 1 amide bonds. The molecule has 2 aromatic rings. The van der Waals surface area contributed by atoms with E-state index in [0.29, 0.717) is 23.9 Å². The van der Waals surface area contributed by atoms with Gasteiger partial charge in [-0.05, 0) is 31.7 Å². The monoisotopic (exact) mass is 301 g/mol. The molecular weight excluding hydrogens is 278 g/mol. The second-order valence-corrected chi connectivity index (χ2v) is 6.34. The van der Waals surface area contributed by atoms with E-state index in [0.717, 1.165) is 30.8 Å². The number of carbonyl (C=O) groups excluding carboxylic acids is 1. The van der Waals surface area contributed by atoms with Crippen LogP contribution in [0.3, 0.4) is 0 Å². The molecule has 0 saturated heterocycles. The van der Waals surface area contributed by atoms with Gasteiger partial charge in [-0.3, -0.25) is 9.48 Å². The van der Waals surface area contributed by atoms with Crippen LogP contribution in [0.5, 0.6) is 0 Å². The Kier molecular flexibility index (Phi) is 4.05. The van der Waals surface area contributed by atoms with E-state index >= 15 is 0 Å². The fraction of sp³-hybridized carbons (Fsp3) is 0.529. The van der Waals surface area contributed by atoms with E-state index < -0.39 is 0 Å². The van der Waals surface area contributed by atoms with Gasteiger partial charge in [-0.2, -0.15) is 5.10 Å². The molecular formula is C17H23N3O2. The first-order valence-electron chi connectivity index (χ1n) is 8.01. The topological polar surface area (TPSA) is 51.3 Å². The second-order valence-electron chi connectivity index (χ2n) is 6.34. The zero-order valence-corrected chi connectivity index (χ0v) is 13.5. The predicted octanol–water partition coefficient (Wildman–Crippen LogP) is 3.68. The van der Waals surface area contributed by atoms with Crippen LogP contribution in [0.1, 0.15) is 55.6 Å². The highest BCUT2D eigenvalue weighted by molar-refractivity contribution is 6.06. The van der Waals surface area contributed by atoms with Crippen molar-refractivity contribution in [3.05, 3.63) is 36.0 Å². The maximum absolute atomic E-state index is 13.0. The fourth-order valence-electron chi connectivity index (χ4n) is 2.64. The Bertz CT molecular complexity index is 652. The summed E-state index contributed by atoms with van der Waals surface area (Å²) in [4.78, 5) is 14.8. The van der Waals surface area contributed by atoms with Gasteiger partial charge < -0.3 is 9.32 Å². The maximum atomic E-state index is 13.0. The summed E-state index contributed by atoms with van der Waals surface area (Å²) in [5.74, 6) is 1.67. The summed E-state index contributed by atoms with van der Waals surface area (Å²) in [7, 11) is 0. The van der Waals surface area contributed by atoms with Gasteiger partial charge in [0.25, 0.3) is 5.91 Å². The molecule has 1 fully saturated rings. The Labute approximate surface area is 130 Å². The minimum atomic E-state index is 0.0139. The minimum absolute atomic E-state index is 0.0139. The highest BCUT2D eigenvalue weighted by Gasteiger charge is 2.33. The van der Waals surface area contributed by atoms with Crippen molar-refractivity contribution in [1.82, 2.24) is 9.78 Å². The summed E-state index contributed by atoms with van der Waals surface area (Å²) >= 11 is 0. The van der Waals surface area contributed by atoms with Crippen molar-refractivity contribution in [3.63, 3.8) is 0 Å². The molecule has 2 aromatic heterocycles. The van der Waals surface area contributed by atoms with Gasteiger partial charge in [0.15, 0.2) is 0 Å². The summed E-state index contributed by atoms with van der Waals surface area (Å²) in [5, 5.41) is 4.30. The van der Waals surface area contributed by atoms with E-state index in [2.05, 4.69) is 18.9 Å². The van der Waals surface area contributed by atoms with Gasteiger partial charge >= 0.3 is 0 Å². The van der Waals surface area contributed by atoms with Gasteiger partial charge in [0, 0.05) is 25.2 Å². The fourth-order valence-corrected chi connectivity index (χ4v) is 2.64. The lowest BCUT2D eigenvalue weighted by Gasteiger charge is -2.23. The molecule has 2 heterocycles. The van der Waals surface area contributed by atoms with Gasteiger partial charge in [-0.25, -0.2) is 0 Å². The van der Waals surface area contributed by atoms with Crippen molar-refractivity contribution in [2.45, 2.75) is 46.1 Å². The number of furan rings is 1. The lowest BCUT2D eigenvalue weighted by molar-refractivity contribution is 0.0982. The third kappa shape index (κ3) is 2.93. The smallest absolute Gasteiger partial charge is 0.261 e. The maximum Gasteiger partial charge on any atom is 0.261 e. The Morgan fingerprint density at radius 2 is 2.27 bits per heavy atom. The van der Waals surface area contributed by atoms with Crippen LogP contribution >= 0.6 is 0 Å². The van der Waals surface area contributed by atoms with Crippen LogP contribution in [0.15, 0.2) is 29.1 Å². The zero-order chi connectivity index (χ0) is 15.7. The normalized spacial score (nSPS) is 14.5. The Morgan fingerprint density at radius 1 is 1.50 bits per heavy atom. The van der Waals surface area contributed by atoms with Crippen LogP contribution in [0.2, 0.25) is 0 Å². The molecule has 0 aliphatic heterocycles. The largest absolute Gasteiger partial charge is 0.468 e. The van der Waals surface area contributed by atoms with Crippen molar-refractivity contribution in [2.24, 2.45) is 5.92 Å². The molecule has 1 saturated carbocycles. The molecule has 0 atom stereocenters. The zero-order valence-electron chi connectivity index (χ0n) is 13.5. The molecule has 0 N–H and O–H groups in total. The van der Waals surface area contributed by atoms with E-state index in [1.807, 2.05) is 22.7 Å². The minimum Gasteiger partial charge on any atom is -0.468 e. The SMILES string of the molecule is CCn1cc(N(CC(C)C)C(=O)c2ccoc2C2CC2)cn1. The van der Waals surface area contributed by atoms with Gasteiger partial charge in [-0.15, -0.1) is 0 Å². The number of aryl methyl sites for hydroxylation is 1. The van der Waals surface area contributed by atoms with Crippen LogP contribution in [0.4, 0.5) is 5.69 Å². The number of aromatic nitrogens is 2. The summed E-state index contributed by atoms with van der Waals surface area (Å²) in [6.45, 7) is 7.72. The van der Waals surface area contributed by atoms with Crippen LogP contribution in [0.25, 0.3) is 0 Å². The second kappa shape index (κ2) is 5.99. The summed E-state index contributed by atoms with van der Waals surface area (Å²) in [6.07, 6.45) is 7.55. The molecule has 5 nitrogen and oxygen atoms in total. The molecule has 1 aliphatic rings. The van der Waals surface area contributed by atoms with Gasteiger partial charge in [0.2, 0.25) is 0 Å². The summed E-state index contributed by atoms with van der Waals surface area (Å²) in [6, 6.07) is 1.80. The Hall–Kier alpha value is -2.04.